The summed E-state index contributed by atoms with van der Waals surface area (Å²) >= 11 is 0. The Balaban J connectivity index is 1.84. The molecule has 3 heteroatoms. The van der Waals surface area contributed by atoms with E-state index >= 15 is 0 Å². The molecule has 0 saturated carbocycles. The van der Waals surface area contributed by atoms with Gasteiger partial charge in [0.2, 0.25) is 0 Å². The van der Waals surface area contributed by atoms with Crippen LogP contribution in [0.5, 0.6) is 0 Å². The fraction of sp³-hybridized carbons (Fsp3) is 0.600. The molecule has 1 aliphatic rings. The molecule has 0 amide bonds. The number of hydrogen-bond acceptors (Lipinski definition) is 3. The minimum Gasteiger partial charge on any atom is -0.385 e. The summed E-state index contributed by atoms with van der Waals surface area (Å²) < 4.78 is 0. The molecular weight excluding hydrogens is 222 g/mol. The normalized spacial score (nSPS) is 17.7. The van der Waals surface area contributed by atoms with Crippen LogP contribution >= 0.6 is 0 Å². The third-order valence-electron chi connectivity index (χ3n) is 3.80. The molecule has 1 fully saturated rings. The summed E-state index contributed by atoms with van der Waals surface area (Å²) in [5.74, 6) is 0.823. The van der Waals surface area contributed by atoms with E-state index < -0.39 is 0 Å². The first-order chi connectivity index (χ1) is 8.65. The van der Waals surface area contributed by atoms with Gasteiger partial charge in [-0.25, -0.2) is 0 Å². The zero-order chi connectivity index (χ0) is 13.0. The van der Waals surface area contributed by atoms with Gasteiger partial charge in [0.05, 0.1) is 0 Å². The average molecular weight is 247 g/mol. The topological polar surface area (TPSA) is 18.5 Å². The summed E-state index contributed by atoms with van der Waals surface area (Å²) in [5, 5.41) is 3.58. The van der Waals surface area contributed by atoms with Crippen LogP contribution in [0.2, 0.25) is 0 Å². The van der Waals surface area contributed by atoms with Gasteiger partial charge in [0.25, 0.3) is 0 Å². The van der Waals surface area contributed by atoms with Gasteiger partial charge >= 0.3 is 0 Å². The fourth-order valence-corrected chi connectivity index (χ4v) is 2.42. The Hall–Kier alpha value is -1.22. The van der Waals surface area contributed by atoms with Crippen molar-refractivity contribution in [3.05, 3.63) is 24.3 Å². The Labute approximate surface area is 111 Å². The van der Waals surface area contributed by atoms with Crippen LogP contribution in [0, 0.1) is 5.92 Å². The largest absolute Gasteiger partial charge is 0.385 e. The molecule has 1 aliphatic heterocycles. The van der Waals surface area contributed by atoms with Gasteiger partial charge in [-0.2, -0.15) is 0 Å². The minimum atomic E-state index is 0.823. The molecule has 0 aliphatic carbocycles. The highest BCUT2D eigenvalue weighted by Crippen LogP contribution is 2.20. The van der Waals surface area contributed by atoms with E-state index in [0.717, 1.165) is 12.5 Å². The van der Waals surface area contributed by atoms with Crippen molar-refractivity contribution in [2.75, 3.05) is 51.0 Å². The lowest BCUT2D eigenvalue weighted by Crippen LogP contribution is -2.32. The summed E-state index contributed by atoms with van der Waals surface area (Å²) in [5.41, 5.74) is 2.49. The highest BCUT2D eigenvalue weighted by atomic mass is 15.1. The van der Waals surface area contributed by atoms with Gasteiger partial charge in [0.15, 0.2) is 0 Å². The molecular formula is C15H25N3. The standard InChI is InChI=1S/C15H25N3/c1-17(2)15-6-4-5-14(11-15)16-12-13-7-9-18(3)10-8-13/h4-6,11,13,16H,7-10,12H2,1-3H3. The SMILES string of the molecule is CN1CCC(CNc2cccc(N(C)C)c2)CC1. The van der Waals surface area contributed by atoms with E-state index in [0.29, 0.717) is 0 Å². The van der Waals surface area contributed by atoms with Gasteiger partial charge in [-0.3, -0.25) is 0 Å². The molecule has 1 aromatic rings. The van der Waals surface area contributed by atoms with Crippen molar-refractivity contribution in [3.63, 3.8) is 0 Å². The van der Waals surface area contributed by atoms with Crippen molar-refractivity contribution in [3.8, 4) is 0 Å². The molecule has 0 bridgehead atoms. The van der Waals surface area contributed by atoms with Crippen LogP contribution in [-0.2, 0) is 0 Å². The first-order valence-electron chi connectivity index (χ1n) is 6.85. The molecule has 1 saturated heterocycles. The van der Waals surface area contributed by atoms with E-state index in [1.165, 1.54) is 37.3 Å². The summed E-state index contributed by atoms with van der Waals surface area (Å²) in [6.07, 6.45) is 2.63. The predicted octanol–water partition coefficient (Wildman–Crippen LogP) is 2.51. The fourth-order valence-electron chi connectivity index (χ4n) is 2.42. The Kier molecular flexibility index (Phi) is 4.48. The van der Waals surface area contributed by atoms with E-state index in [-0.39, 0.29) is 0 Å². The van der Waals surface area contributed by atoms with Gasteiger partial charge in [-0.15, -0.1) is 0 Å². The zero-order valence-corrected chi connectivity index (χ0v) is 11.8. The van der Waals surface area contributed by atoms with Gasteiger partial charge in [0, 0.05) is 32.0 Å². The van der Waals surface area contributed by atoms with Crippen LogP contribution in [0.1, 0.15) is 12.8 Å². The summed E-state index contributed by atoms with van der Waals surface area (Å²) in [6, 6.07) is 8.63. The lowest BCUT2D eigenvalue weighted by Gasteiger charge is -2.29. The van der Waals surface area contributed by atoms with Gasteiger partial charge < -0.3 is 15.1 Å². The third-order valence-corrected chi connectivity index (χ3v) is 3.80. The summed E-state index contributed by atoms with van der Waals surface area (Å²) in [4.78, 5) is 4.56. The van der Waals surface area contributed by atoms with Crippen LogP contribution in [0.4, 0.5) is 11.4 Å². The number of anilines is 2. The van der Waals surface area contributed by atoms with Crippen molar-refractivity contribution in [1.82, 2.24) is 4.90 Å². The van der Waals surface area contributed by atoms with E-state index in [9.17, 15) is 0 Å². The number of benzene rings is 1. The monoisotopic (exact) mass is 247 g/mol. The Morgan fingerprint density at radius 2 is 2.00 bits per heavy atom. The number of hydrogen-bond donors (Lipinski definition) is 1. The number of nitrogens with zero attached hydrogens (tertiary/aromatic N) is 2. The van der Waals surface area contributed by atoms with Crippen molar-refractivity contribution < 1.29 is 0 Å². The van der Waals surface area contributed by atoms with E-state index in [4.69, 9.17) is 0 Å². The van der Waals surface area contributed by atoms with Crippen LogP contribution in [0.25, 0.3) is 0 Å². The number of nitrogens with one attached hydrogen (secondary N) is 1. The number of likely N-dealkylation sites (tertiary alicyclic amines) is 1. The first kappa shape index (κ1) is 13.2. The molecule has 3 nitrogen and oxygen atoms in total. The minimum absolute atomic E-state index is 0.823. The molecule has 0 aromatic heterocycles. The number of piperidine rings is 1. The van der Waals surface area contributed by atoms with Crippen LogP contribution in [0.15, 0.2) is 24.3 Å². The molecule has 0 radical (unpaired) electrons. The summed E-state index contributed by atoms with van der Waals surface area (Å²) in [6.45, 7) is 3.58. The second-order valence-electron chi connectivity index (χ2n) is 5.57. The second kappa shape index (κ2) is 6.10. The van der Waals surface area contributed by atoms with Crippen molar-refractivity contribution in [2.24, 2.45) is 5.92 Å². The third kappa shape index (κ3) is 3.64. The van der Waals surface area contributed by atoms with Crippen molar-refractivity contribution in [2.45, 2.75) is 12.8 Å². The van der Waals surface area contributed by atoms with Crippen molar-refractivity contribution >= 4 is 11.4 Å². The second-order valence-corrected chi connectivity index (χ2v) is 5.57. The highest BCUT2D eigenvalue weighted by molar-refractivity contribution is 5.57. The first-order valence-corrected chi connectivity index (χ1v) is 6.85. The highest BCUT2D eigenvalue weighted by Gasteiger charge is 2.16. The summed E-state index contributed by atoms with van der Waals surface area (Å²) in [7, 11) is 6.37. The molecule has 0 spiro atoms. The molecule has 1 aromatic carbocycles. The maximum Gasteiger partial charge on any atom is 0.0381 e. The lowest BCUT2D eigenvalue weighted by molar-refractivity contribution is 0.226. The number of rotatable bonds is 4. The molecule has 100 valence electrons. The van der Waals surface area contributed by atoms with E-state index in [2.05, 4.69) is 60.5 Å². The Morgan fingerprint density at radius 1 is 1.28 bits per heavy atom. The van der Waals surface area contributed by atoms with Crippen LogP contribution in [0.3, 0.4) is 0 Å². The molecule has 0 atom stereocenters. The van der Waals surface area contributed by atoms with Gasteiger partial charge in [-0.1, -0.05) is 6.07 Å². The quantitative estimate of drug-likeness (QED) is 0.882. The van der Waals surface area contributed by atoms with Gasteiger partial charge in [-0.05, 0) is 57.1 Å². The predicted molar refractivity (Wildman–Crippen MR) is 79.5 cm³/mol. The maximum absolute atomic E-state index is 3.58. The maximum atomic E-state index is 3.58. The molecule has 1 heterocycles. The Bertz CT molecular complexity index is 368. The smallest absolute Gasteiger partial charge is 0.0381 e. The van der Waals surface area contributed by atoms with Crippen LogP contribution in [-0.4, -0.2) is 45.7 Å². The van der Waals surface area contributed by atoms with E-state index in [1.54, 1.807) is 0 Å². The average Bonchev–Trinajstić information content (AvgIpc) is 2.38. The lowest BCUT2D eigenvalue weighted by atomic mass is 9.97. The van der Waals surface area contributed by atoms with E-state index in [1.807, 2.05) is 0 Å². The molecule has 18 heavy (non-hydrogen) atoms. The zero-order valence-electron chi connectivity index (χ0n) is 11.8. The molecule has 1 N–H and O–H groups in total. The van der Waals surface area contributed by atoms with Crippen molar-refractivity contribution in [1.29, 1.82) is 0 Å². The molecule has 2 rings (SSSR count). The Morgan fingerprint density at radius 3 is 2.67 bits per heavy atom. The molecule has 0 unspecified atom stereocenters. The van der Waals surface area contributed by atoms with Crippen LogP contribution < -0.4 is 10.2 Å². The van der Waals surface area contributed by atoms with Gasteiger partial charge in [0.1, 0.15) is 0 Å².